The topological polar surface area (TPSA) is 58.6 Å². The first-order chi connectivity index (χ1) is 12.0. The van der Waals surface area contributed by atoms with Crippen LogP contribution in [-0.2, 0) is 4.79 Å². The lowest BCUT2D eigenvalue weighted by Crippen LogP contribution is -2.39. The molecule has 2 amide bonds. The number of nitrogens with zero attached hydrogens (tertiary/aromatic N) is 1. The lowest BCUT2D eigenvalue weighted by Gasteiger charge is -2.18. The molecule has 0 saturated carbocycles. The van der Waals surface area contributed by atoms with Gasteiger partial charge in [0.05, 0.1) is 13.1 Å². The highest BCUT2D eigenvalue weighted by atomic mass is 16.5. The highest BCUT2D eigenvalue weighted by Gasteiger charge is 2.12. The summed E-state index contributed by atoms with van der Waals surface area (Å²) in [6.07, 6.45) is 0. The molecule has 0 radical (unpaired) electrons. The zero-order valence-electron chi connectivity index (χ0n) is 14.9. The first kappa shape index (κ1) is 18.5. The van der Waals surface area contributed by atoms with E-state index in [0.717, 1.165) is 16.9 Å². The van der Waals surface area contributed by atoms with Gasteiger partial charge in [0.15, 0.2) is 0 Å². The molecule has 0 aliphatic carbocycles. The molecule has 0 heterocycles. The Morgan fingerprint density at radius 1 is 1.08 bits per heavy atom. The standard InChI is InChI=1S/C20H24N2O3/c1-15-7-6-9-17(13-15)25-12-11-22(3)19(23)14-21-20(24)18-10-5-4-8-16(18)2/h4-10,13H,11-12,14H2,1-3H3,(H,21,24). The van der Waals surface area contributed by atoms with Crippen molar-refractivity contribution in [3.8, 4) is 5.75 Å². The normalized spacial score (nSPS) is 10.2. The summed E-state index contributed by atoms with van der Waals surface area (Å²) in [7, 11) is 1.70. The van der Waals surface area contributed by atoms with Gasteiger partial charge >= 0.3 is 0 Å². The van der Waals surface area contributed by atoms with Crippen molar-refractivity contribution in [1.29, 1.82) is 0 Å². The Bertz CT molecular complexity index is 743. The Kier molecular flexibility index (Phi) is 6.57. The number of carbonyl (C=O) groups is 2. The molecule has 132 valence electrons. The monoisotopic (exact) mass is 340 g/mol. The van der Waals surface area contributed by atoms with E-state index < -0.39 is 0 Å². The largest absolute Gasteiger partial charge is 0.492 e. The quantitative estimate of drug-likeness (QED) is 0.843. The van der Waals surface area contributed by atoms with Gasteiger partial charge in [0.2, 0.25) is 5.91 Å². The van der Waals surface area contributed by atoms with Crippen LogP contribution in [0.4, 0.5) is 0 Å². The van der Waals surface area contributed by atoms with E-state index in [1.807, 2.05) is 50.2 Å². The smallest absolute Gasteiger partial charge is 0.251 e. The van der Waals surface area contributed by atoms with Crippen LogP contribution in [0.5, 0.6) is 5.75 Å². The van der Waals surface area contributed by atoms with Gasteiger partial charge < -0.3 is 15.0 Å². The minimum Gasteiger partial charge on any atom is -0.492 e. The minimum absolute atomic E-state index is 0.0336. The molecule has 0 fully saturated rings. The van der Waals surface area contributed by atoms with Gasteiger partial charge in [0.1, 0.15) is 12.4 Å². The van der Waals surface area contributed by atoms with Crippen LogP contribution in [0, 0.1) is 13.8 Å². The maximum Gasteiger partial charge on any atom is 0.251 e. The number of benzene rings is 2. The fraction of sp³-hybridized carbons (Fsp3) is 0.300. The molecule has 25 heavy (non-hydrogen) atoms. The molecule has 1 N–H and O–H groups in total. The van der Waals surface area contributed by atoms with E-state index >= 15 is 0 Å². The van der Waals surface area contributed by atoms with Crippen LogP contribution in [0.25, 0.3) is 0 Å². The van der Waals surface area contributed by atoms with E-state index in [-0.39, 0.29) is 18.4 Å². The first-order valence-corrected chi connectivity index (χ1v) is 8.24. The fourth-order valence-corrected chi connectivity index (χ4v) is 2.34. The van der Waals surface area contributed by atoms with E-state index in [9.17, 15) is 9.59 Å². The summed E-state index contributed by atoms with van der Waals surface area (Å²) in [4.78, 5) is 25.8. The second kappa shape index (κ2) is 8.87. The lowest BCUT2D eigenvalue weighted by molar-refractivity contribution is -0.129. The van der Waals surface area contributed by atoms with Crippen LogP contribution in [0.2, 0.25) is 0 Å². The summed E-state index contributed by atoms with van der Waals surface area (Å²) < 4.78 is 5.64. The number of amides is 2. The van der Waals surface area contributed by atoms with E-state index in [2.05, 4.69) is 5.32 Å². The fourth-order valence-electron chi connectivity index (χ4n) is 2.34. The van der Waals surface area contributed by atoms with Crippen LogP contribution in [-0.4, -0.2) is 43.5 Å². The van der Waals surface area contributed by atoms with Crippen molar-refractivity contribution in [3.05, 3.63) is 65.2 Å². The molecule has 0 aliphatic rings. The molecule has 0 bridgehead atoms. The number of carbonyl (C=O) groups excluding carboxylic acids is 2. The summed E-state index contributed by atoms with van der Waals surface area (Å²) in [5.41, 5.74) is 2.59. The molecule has 5 heteroatoms. The molecule has 5 nitrogen and oxygen atoms in total. The summed E-state index contributed by atoms with van der Waals surface area (Å²) in [5, 5.41) is 2.67. The minimum atomic E-state index is -0.240. The number of aryl methyl sites for hydroxylation is 2. The average molecular weight is 340 g/mol. The highest BCUT2D eigenvalue weighted by Crippen LogP contribution is 2.12. The summed E-state index contributed by atoms with van der Waals surface area (Å²) in [6.45, 7) is 4.68. The average Bonchev–Trinajstić information content (AvgIpc) is 2.59. The predicted octanol–water partition coefficient (Wildman–Crippen LogP) is 2.57. The van der Waals surface area contributed by atoms with Crippen LogP contribution >= 0.6 is 0 Å². The van der Waals surface area contributed by atoms with Crippen molar-refractivity contribution in [3.63, 3.8) is 0 Å². The summed E-state index contributed by atoms with van der Waals surface area (Å²) >= 11 is 0. The van der Waals surface area contributed by atoms with E-state index in [4.69, 9.17) is 4.74 Å². The van der Waals surface area contributed by atoms with Crippen LogP contribution < -0.4 is 10.1 Å². The van der Waals surface area contributed by atoms with Crippen LogP contribution in [0.1, 0.15) is 21.5 Å². The number of likely N-dealkylation sites (N-methyl/N-ethyl adjacent to an activating group) is 1. The molecule has 2 aromatic carbocycles. The predicted molar refractivity (Wildman–Crippen MR) is 97.8 cm³/mol. The van der Waals surface area contributed by atoms with Gasteiger partial charge in [-0.05, 0) is 43.2 Å². The molecule has 0 aromatic heterocycles. The molecular weight excluding hydrogens is 316 g/mol. The van der Waals surface area contributed by atoms with Crippen LogP contribution in [0.15, 0.2) is 48.5 Å². The number of hydrogen-bond acceptors (Lipinski definition) is 3. The van der Waals surface area contributed by atoms with Crippen LogP contribution in [0.3, 0.4) is 0 Å². The maximum absolute atomic E-state index is 12.1. The SMILES string of the molecule is Cc1cccc(OCCN(C)C(=O)CNC(=O)c2ccccc2C)c1. The Hall–Kier alpha value is -2.82. The Morgan fingerprint density at radius 2 is 1.84 bits per heavy atom. The Balaban J connectivity index is 1.75. The molecule has 2 rings (SSSR count). The molecule has 2 aromatic rings. The maximum atomic E-state index is 12.1. The third-order valence-electron chi connectivity index (χ3n) is 3.90. The Morgan fingerprint density at radius 3 is 2.56 bits per heavy atom. The molecule has 0 aliphatic heterocycles. The molecule has 0 saturated heterocycles. The van der Waals surface area contributed by atoms with Gasteiger partial charge in [-0.15, -0.1) is 0 Å². The summed E-state index contributed by atoms with van der Waals surface area (Å²) in [5.74, 6) is 0.388. The highest BCUT2D eigenvalue weighted by molar-refractivity contribution is 5.97. The number of rotatable bonds is 7. The number of ether oxygens (including phenoxy) is 1. The second-order valence-corrected chi connectivity index (χ2v) is 5.98. The van der Waals surface area contributed by atoms with Crippen molar-refractivity contribution >= 4 is 11.8 Å². The summed E-state index contributed by atoms with van der Waals surface area (Å²) in [6, 6.07) is 15.1. The van der Waals surface area contributed by atoms with E-state index in [0.29, 0.717) is 18.7 Å². The van der Waals surface area contributed by atoms with Crippen molar-refractivity contribution in [1.82, 2.24) is 10.2 Å². The second-order valence-electron chi connectivity index (χ2n) is 5.98. The third-order valence-corrected chi connectivity index (χ3v) is 3.90. The van der Waals surface area contributed by atoms with E-state index in [1.165, 1.54) is 0 Å². The van der Waals surface area contributed by atoms with Gasteiger partial charge in [0.25, 0.3) is 5.91 Å². The third kappa shape index (κ3) is 5.64. The van der Waals surface area contributed by atoms with E-state index in [1.54, 1.807) is 24.1 Å². The van der Waals surface area contributed by atoms with Gasteiger partial charge in [-0.2, -0.15) is 0 Å². The number of hydrogen-bond donors (Lipinski definition) is 1. The van der Waals surface area contributed by atoms with Crippen molar-refractivity contribution in [2.75, 3.05) is 26.7 Å². The lowest BCUT2D eigenvalue weighted by atomic mass is 10.1. The van der Waals surface area contributed by atoms with Crippen molar-refractivity contribution in [2.24, 2.45) is 0 Å². The zero-order valence-corrected chi connectivity index (χ0v) is 14.9. The van der Waals surface area contributed by atoms with Gasteiger partial charge in [0, 0.05) is 12.6 Å². The van der Waals surface area contributed by atoms with Gasteiger partial charge in [-0.25, -0.2) is 0 Å². The molecule has 0 unspecified atom stereocenters. The van der Waals surface area contributed by atoms with Gasteiger partial charge in [-0.1, -0.05) is 30.3 Å². The van der Waals surface area contributed by atoms with Gasteiger partial charge in [-0.3, -0.25) is 9.59 Å². The molecular formula is C20H24N2O3. The molecule has 0 spiro atoms. The zero-order chi connectivity index (χ0) is 18.2. The first-order valence-electron chi connectivity index (χ1n) is 8.24. The molecule has 0 atom stereocenters. The number of nitrogens with one attached hydrogen (secondary N) is 1. The van der Waals surface area contributed by atoms with Crippen molar-refractivity contribution < 1.29 is 14.3 Å². The van der Waals surface area contributed by atoms with Crippen molar-refractivity contribution in [2.45, 2.75) is 13.8 Å². The Labute approximate surface area is 148 Å².